The Balaban J connectivity index is 2.19. The van der Waals surface area contributed by atoms with Crippen molar-refractivity contribution >= 4 is 27.8 Å². The van der Waals surface area contributed by atoms with Crippen LogP contribution in [0.1, 0.15) is 19.4 Å². The zero-order valence-corrected chi connectivity index (χ0v) is 12.7. The zero-order chi connectivity index (χ0) is 15.9. The van der Waals surface area contributed by atoms with Gasteiger partial charge in [0.25, 0.3) is 0 Å². The van der Waals surface area contributed by atoms with E-state index in [0.717, 1.165) is 10.9 Å². The van der Waals surface area contributed by atoms with Gasteiger partial charge in [0.2, 0.25) is 5.91 Å². The first-order valence-electron chi connectivity index (χ1n) is 7.14. The molecule has 114 valence electrons. The van der Waals surface area contributed by atoms with E-state index < -0.39 is 5.63 Å². The van der Waals surface area contributed by atoms with Crippen molar-refractivity contribution in [3.63, 3.8) is 0 Å². The van der Waals surface area contributed by atoms with Crippen LogP contribution in [0.3, 0.4) is 0 Å². The molecule has 1 amide bonds. The number of nitrogens with zero attached hydrogens (tertiary/aromatic N) is 2. The van der Waals surface area contributed by atoms with Crippen molar-refractivity contribution in [1.82, 2.24) is 15.1 Å². The minimum absolute atomic E-state index is 0.0541. The summed E-state index contributed by atoms with van der Waals surface area (Å²) in [5.41, 5.74) is 1.73. The van der Waals surface area contributed by atoms with E-state index in [2.05, 4.69) is 10.4 Å². The third-order valence-electron chi connectivity index (χ3n) is 3.40. The number of rotatable bonds is 3. The quantitative estimate of drug-likeness (QED) is 0.750. The number of hydrogen-bond donors (Lipinski definition) is 1. The van der Waals surface area contributed by atoms with Gasteiger partial charge in [0.15, 0.2) is 0 Å². The summed E-state index contributed by atoms with van der Waals surface area (Å²) in [5.74, 6) is -0.144. The van der Waals surface area contributed by atoms with Gasteiger partial charge in [0.1, 0.15) is 17.5 Å². The summed E-state index contributed by atoms with van der Waals surface area (Å²) in [5, 5.41) is 8.16. The molecule has 0 spiro atoms. The molecule has 0 aliphatic rings. The Morgan fingerprint density at radius 1 is 1.36 bits per heavy atom. The maximum Gasteiger partial charge on any atom is 0.347 e. The number of carbonyl (C=O) groups is 1. The van der Waals surface area contributed by atoms with Gasteiger partial charge in [-0.2, -0.15) is 5.10 Å². The predicted molar refractivity (Wildman–Crippen MR) is 83.8 cm³/mol. The summed E-state index contributed by atoms with van der Waals surface area (Å²) in [6.07, 6.45) is 1.45. The summed E-state index contributed by atoms with van der Waals surface area (Å²) >= 11 is 0. The van der Waals surface area contributed by atoms with Crippen molar-refractivity contribution in [2.24, 2.45) is 0 Å². The van der Waals surface area contributed by atoms with Gasteiger partial charge < -0.3 is 9.73 Å². The Morgan fingerprint density at radius 2 is 2.14 bits per heavy atom. The normalized spacial score (nSPS) is 11.5. The third kappa shape index (κ3) is 2.47. The zero-order valence-electron chi connectivity index (χ0n) is 12.7. The number of benzene rings is 1. The second kappa shape index (κ2) is 5.29. The molecule has 2 aromatic heterocycles. The van der Waals surface area contributed by atoms with Crippen molar-refractivity contribution in [1.29, 1.82) is 0 Å². The summed E-state index contributed by atoms with van der Waals surface area (Å²) in [6, 6.07) is 5.62. The highest BCUT2D eigenvalue weighted by atomic mass is 16.4. The molecule has 0 bridgehead atoms. The van der Waals surface area contributed by atoms with Gasteiger partial charge in [-0.15, -0.1) is 0 Å². The van der Waals surface area contributed by atoms with Crippen LogP contribution in [0.2, 0.25) is 0 Å². The van der Waals surface area contributed by atoms with E-state index in [0.29, 0.717) is 16.5 Å². The number of amides is 1. The Kier molecular flexibility index (Phi) is 3.44. The number of nitrogens with one attached hydrogen (secondary N) is 1. The van der Waals surface area contributed by atoms with Crippen LogP contribution in [-0.2, 0) is 11.3 Å². The molecular weight excluding hydrogens is 282 g/mol. The first kappa shape index (κ1) is 14.3. The molecule has 0 fully saturated rings. The van der Waals surface area contributed by atoms with Crippen molar-refractivity contribution in [2.75, 3.05) is 0 Å². The van der Waals surface area contributed by atoms with Crippen molar-refractivity contribution in [2.45, 2.75) is 33.4 Å². The molecule has 22 heavy (non-hydrogen) atoms. The van der Waals surface area contributed by atoms with E-state index in [1.807, 2.05) is 32.9 Å². The van der Waals surface area contributed by atoms with Gasteiger partial charge in [-0.05, 0) is 32.9 Å². The van der Waals surface area contributed by atoms with Gasteiger partial charge >= 0.3 is 5.63 Å². The molecule has 0 saturated carbocycles. The minimum Gasteiger partial charge on any atom is -0.422 e. The molecule has 2 heterocycles. The number of aromatic nitrogens is 2. The molecule has 1 N–H and O–H groups in total. The van der Waals surface area contributed by atoms with Crippen LogP contribution in [0.4, 0.5) is 0 Å². The second-order valence-corrected chi connectivity index (χ2v) is 5.68. The van der Waals surface area contributed by atoms with E-state index >= 15 is 0 Å². The number of carbonyl (C=O) groups excluding carboxylic acids is 1. The summed E-state index contributed by atoms with van der Waals surface area (Å²) in [4.78, 5) is 24.0. The van der Waals surface area contributed by atoms with Gasteiger partial charge in [0, 0.05) is 11.4 Å². The van der Waals surface area contributed by atoms with Gasteiger partial charge in [0.05, 0.1) is 11.7 Å². The molecule has 0 atom stereocenters. The highest BCUT2D eigenvalue weighted by molar-refractivity contribution is 6.02. The fourth-order valence-electron chi connectivity index (χ4n) is 2.52. The molecule has 0 aliphatic heterocycles. The predicted octanol–water partition coefficient (Wildman–Crippen LogP) is 1.98. The average Bonchev–Trinajstić information content (AvgIpc) is 2.83. The van der Waals surface area contributed by atoms with Gasteiger partial charge in [-0.3, -0.25) is 9.48 Å². The summed E-state index contributed by atoms with van der Waals surface area (Å²) in [7, 11) is 0. The van der Waals surface area contributed by atoms with E-state index in [-0.39, 0.29) is 18.5 Å². The fraction of sp³-hybridized carbons (Fsp3) is 0.312. The Labute approximate surface area is 126 Å². The summed E-state index contributed by atoms with van der Waals surface area (Å²) in [6.45, 7) is 5.82. The lowest BCUT2D eigenvalue weighted by Gasteiger charge is -2.09. The van der Waals surface area contributed by atoms with Crippen LogP contribution < -0.4 is 10.9 Å². The first-order valence-corrected chi connectivity index (χ1v) is 7.14. The van der Waals surface area contributed by atoms with Gasteiger partial charge in [-0.25, -0.2) is 4.79 Å². The van der Waals surface area contributed by atoms with E-state index in [1.54, 1.807) is 10.7 Å². The maximum atomic E-state index is 12.0. The third-order valence-corrected chi connectivity index (χ3v) is 3.40. The monoisotopic (exact) mass is 299 g/mol. The molecule has 3 rings (SSSR count). The Hall–Kier alpha value is -2.63. The SMILES string of the molecule is Cc1ccc2oc(=O)c3cnn(CC(=O)NC(C)C)c3c2c1. The summed E-state index contributed by atoms with van der Waals surface area (Å²) < 4.78 is 6.85. The molecule has 6 nitrogen and oxygen atoms in total. The maximum absolute atomic E-state index is 12.0. The molecule has 0 aliphatic carbocycles. The van der Waals surface area contributed by atoms with Crippen molar-refractivity contribution < 1.29 is 9.21 Å². The van der Waals surface area contributed by atoms with Crippen LogP contribution >= 0.6 is 0 Å². The smallest absolute Gasteiger partial charge is 0.347 e. The second-order valence-electron chi connectivity index (χ2n) is 5.68. The topological polar surface area (TPSA) is 77.1 Å². The largest absolute Gasteiger partial charge is 0.422 e. The highest BCUT2D eigenvalue weighted by Gasteiger charge is 2.15. The number of fused-ring (bicyclic) bond motifs is 3. The van der Waals surface area contributed by atoms with Crippen LogP contribution in [0.25, 0.3) is 21.9 Å². The molecule has 1 aromatic carbocycles. The molecular formula is C16H17N3O3. The molecule has 0 saturated heterocycles. The molecule has 3 aromatic rings. The average molecular weight is 299 g/mol. The van der Waals surface area contributed by atoms with Crippen LogP contribution in [-0.4, -0.2) is 21.7 Å². The van der Waals surface area contributed by atoms with Crippen LogP contribution in [0.15, 0.2) is 33.6 Å². The van der Waals surface area contributed by atoms with E-state index in [1.165, 1.54) is 6.20 Å². The standard InChI is InChI=1S/C16H17N3O3/c1-9(2)18-14(20)8-19-15-11-6-10(3)4-5-13(11)22-16(21)12(15)7-17-19/h4-7,9H,8H2,1-3H3,(H,18,20). The minimum atomic E-state index is -0.443. The Bertz CT molecular complexity index is 921. The van der Waals surface area contributed by atoms with E-state index in [9.17, 15) is 9.59 Å². The van der Waals surface area contributed by atoms with Crippen LogP contribution in [0.5, 0.6) is 0 Å². The van der Waals surface area contributed by atoms with E-state index in [4.69, 9.17) is 4.42 Å². The molecule has 0 unspecified atom stereocenters. The van der Waals surface area contributed by atoms with Crippen molar-refractivity contribution in [3.05, 3.63) is 40.4 Å². The number of hydrogen-bond acceptors (Lipinski definition) is 4. The lowest BCUT2D eigenvalue weighted by atomic mass is 10.1. The highest BCUT2D eigenvalue weighted by Crippen LogP contribution is 2.23. The fourth-order valence-corrected chi connectivity index (χ4v) is 2.52. The molecule has 0 radical (unpaired) electrons. The molecule has 6 heteroatoms. The lowest BCUT2D eigenvalue weighted by Crippen LogP contribution is -2.33. The lowest BCUT2D eigenvalue weighted by molar-refractivity contribution is -0.122. The van der Waals surface area contributed by atoms with Gasteiger partial charge in [-0.1, -0.05) is 11.6 Å². The number of aryl methyl sites for hydroxylation is 1. The van der Waals surface area contributed by atoms with Crippen molar-refractivity contribution in [3.8, 4) is 0 Å². The van der Waals surface area contributed by atoms with Crippen LogP contribution in [0, 0.1) is 6.92 Å². The Morgan fingerprint density at radius 3 is 2.86 bits per heavy atom. The first-order chi connectivity index (χ1) is 10.5.